The zero-order valence-corrected chi connectivity index (χ0v) is 16.5. The summed E-state index contributed by atoms with van der Waals surface area (Å²) in [5, 5.41) is 19.6. The summed E-state index contributed by atoms with van der Waals surface area (Å²) in [6.45, 7) is -0.127. The van der Waals surface area contributed by atoms with E-state index in [-0.39, 0.29) is 24.6 Å². The van der Waals surface area contributed by atoms with Gasteiger partial charge in [0.2, 0.25) is 0 Å². The fraction of sp³-hybridized carbons (Fsp3) is 0.478. The van der Waals surface area contributed by atoms with Gasteiger partial charge in [-0.25, -0.2) is 0 Å². The fourth-order valence-electron chi connectivity index (χ4n) is 4.52. The molecule has 30 heavy (non-hydrogen) atoms. The fourth-order valence-corrected chi connectivity index (χ4v) is 4.52. The molecule has 162 valence electrons. The zero-order valence-electron chi connectivity index (χ0n) is 16.5. The van der Waals surface area contributed by atoms with Crippen LogP contribution in [0, 0.1) is 0 Å². The van der Waals surface area contributed by atoms with Crippen LogP contribution in [0.2, 0.25) is 0 Å². The molecule has 2 aliphatic rings. The topological polar surface area (TPSA) is 58.9 Å². The maximum atomic E-state index is 12.4. The third kappa shape index (κ3) is 4.96. The van der Waals surface area contributed by atoms with Crippen LogP contribution in [0.4, 0.5) is 13.2 Å². The van der Waals surface area contributed by atoms with Gasteiger partial charge in [0.15, 0.2) is 0 Å². The van der Waals surface area contributed by atoms with Gasteiger partial charge >= 0.3 is 6.36 Å². The molecule has 0 aromatic heterocycles. The third-order valence-electron chi connectivity index (χ3n) is 5.83. The largest absolute Gasteiger partial charge is 0.573 e. The highest BCUT2D eigenvalue weighted by atomic mass is 19.4. The van der Waals surface area contributed by atoms with Crippen LogP contribution in [-0.2, 0) is 24.0 Å². The van der Waals surface area contributed by atoms with Gasteiger partial charge in [-0.05, 0) is 65.6 Å². The smallest absolute Gasteiger partial charge is 0.406 e. The van der Waals surface area contributed by atoms with Crippen LogP contribution in [0.25, 0.3) is 0 Å². The van der Waals surface area contributed by atoms with E-state index in [1.807, 2.05) is 0 Å². The summed E-state index contributed by atoms with van der Waals surface area (Å²) < 4.78 is 47.1. The molecule has 4 nitrogen and oxygen atoms in total. The Morgan fingerprint density at radius 3 is 2.53 bits per heavy atom. The second-order valence-corrected chi connectivity index (χ2v) is 8.09. The molecule has 0 bridgehead atoms. The first-order valence-corrected chi connectivity index (χ1v) is 10.2. The highest BCUT2D eigenvalue weighted by Gasteiger charge is 2.31. The number of benzene rings is 2. The van der Waals surface area contributed by atoms with E-state index >= 15 is 0 Å². The van der Waals surface area contributed by atoms with Crippen molar-refractivity contribution >= 4 is 0 Å². The van der Waals surface area contributed by atoms with Gasteiger partial charge in [0.1, 0.15) is 5.75 Å². The molecule has 4 rings (SSSR count). The Labute approximate surface area is 173 Å². The van der Waals surface area contributed by atoms with Gasteiger partial charge in [-0.2, -0.15) is 0 Å². The zero-order chi connectivity index (χ0) is 21.3. The van der Waals surface area contributed by atoms with Crippen LogP contribution >= 0.6 is 0 Å². The van der Waals surface area contributed by atoms with E-state index in [2.05, 4.69) is 16.9 Å². The molecule has 7 heteroatoms. The maximum Gasteiger partial charge on any atom is 0.573 e. The number of aryl methyl sites for hydroxylation is 1. The first-order valence-electron chi connectivity index (χ1n) is 10.2. The van der Waals surface area contributed by atoms with Gasteiger partial charge in [-0.15, -0.1) is 13.2 Å². The molecule has 2 N–H and O–H groups in total. The number of hydrogen-bond acceptors (Lipinski definition) is 4. The Morgan fingerprint density at radius 2 is 1.83 bits per heavy atom. The molecule has 3 atom stereocenters. The van der Waals surface area contributed by atoms with Crippen molar-refractivity contribution < 1.29 is 32.9 Å². The first-order chi connectivity index (χ1) is 14.3. The van der Waals surface area contributed by atoms with Crippen molar-refractivity contribution in [2.24, 2.45) is 0 Å². The minimum absolute atomic E-state index is 0.127. The number of halogens is 3. The molecule has 0 amide bonds. The quantitative estimate of drug-likeness (QED) is 0.757. The highest BCUT2D eigenvalue weighted by molar-refractivity contribution is 5.45. The summed E-state index contributed by atoms with van der Waals surface area (Å²) >= 11 is 0. The van der Waals surface area contributed by atoms with Gasteiger partial charge in [0.25, 0.3) is 0 Å². The molecule has 0 saturated carbocycles. The molecular formula is C23H25F3O4. The number of ether oxygens (including phenoxy) is 2. The average molecular weight is 422 g/mol. The molecule has 2 aromatic carbocycles. The Hall–Kier alpha value is -2.09. The maximum absolute atomic E-state index is 12.4. The molecule has 1 heterocycles. The van der Waals surface area contributed by atoms with Crippen LogP contribution in [0.1, 0.15) is 53.2 Å². The summed E-state index contributed by atoms with van der Waals surface area (Å²) in [6.07, 6.45) is -1.34. The van der Waals surface area contributed by atoms with E-state index in [1.165, 1.54) is 23.3 Å². The number of hydrogen-bond donors (Lipinski definition) is 2. The molecule has 1 fully saturated rings. The van der Waals surface area contributed by atoms with E-state index in [9.17, 15) is 23.4 Å². The summed E-state index contributed by atoms with van der Waals surface area (Å²) in [6, 6.07) is 10.2. The SMILES string of the molecule is OCC1CC(O)CC(c2cc3c(c(Cc4ccc(OC(F)(F)F)cc4)c2)CCC3)O1. The minimum Gasteiger partial charge on any atom is -0.406 e. The Balaban J connectivity index is 1.57. The predicted octanol–water partition coefficient (Wildman–Crippen LogP) is 4.24. The summed E-state index contributed by atoms with van der Waals surface area (Å²) in [7, 11) is 0. The second-order valence-electron chi connectivity index (χ2n) is 8.09. The molecule has 0 radical (unpaired) electrons. The number of rotatable bonds is 5. The van der Waals surface area contributed by atoms with E-state index < -0.39 is 12.5 Å². The van der Waals surface area contributed by atoms with Gasteiger partial charge in [-0.3, -0.25) is 0 Å². The Kier molecular flexibility index (Phi) is 6.04. The van der Waals surface area contributed by atoms with Crippen LogP contribution in [0.15, 0.2) is 36.4 Å². The monoisotopic (exact) mass is 422 g/mol. The van der Waals surface area contributed by atoms with E-state index in [1.54, 1.807) is 12.1 Å². The van der Waals surface area contributed by atoms with Crippen molar-refractivity contribution in [2.75, 3.05) is 6.61 Å². The van der Waals surface area contributed by atoms with Crippen molar-refractivity contribution in [1.29, 1.82) is 0 Å². The number of fused-ring (bicyclic) bond motifs is 1. The van der Waals surface area contributed by atoms with Crippen molar-refractivity contribution in [3.8, 4) is 5.75 Å². The normalized spacial score (nSPS) is 24.0. The summed E-state index contributed by atoms with van der Waals surface area (Å²) in [5.41, 5.74) is 5.58. The molecule has 3 unspecified atom stereocenters. The Morgan fingerprint density at radius 1 is 1.07 bits per heavy atom. The van der Waals surface area contributed by atoms with Crippen molar-refractivity contribution in [3.05, 3.63) is 64.2 Å². The lowest BCUT2D eigenvalue weighted by Gasteiger charge is -2.33. The minimum atomic E-state index is -4.70. The van der Waals surface area contributed by atoms with Crippen LogP contribution < -0.4 is 4.74 Å². The highest BCUT2D eigenvalue weighted by Crippen LogP contribution is 2.36. The molecule has 1 aliphatic heterocycles. The van der Waals surface area contributed by atoms with Crippen molar-refractivity contribution in [2.45, 2.75) is 63.2 Å². The van der Waals surface area contributed by atoms with Crippen molar-refractivity contribution in [1.82, 2.24) is 0 Å². The molecule has 2 aromatic rings. The Bertz CT molecular complexity index is 879. The number of aliphatic hydroxyl groups is 2. The summed E-state index contributed by atoms with van der Waals surface area (Å²) in [5.74, 6) is -0.232. The third-order valence-corrected chi connectivity index (χ3v) is 5.83. The standard InChI is InChI=1S/C23H25F3O4/c24-23(25,26)30-19-6-4-14(5-7-19)8-16-10-17(9-15-2-1-3-21(15)16)22-12-18(28)11-20(13-27)29-22/h4-7,9-10,18,20,22,27-28H,1-3,8,11-13H2. The van der Waals surface area contributed by atoms with E-state index in [0.29, 0.717) is 19.3 Å². The summed E-state index contributed by atoms with van der Waals surface area (Å²) in [4.78, 5) is 0. The van der Waals surface area contributed by atoms with Crippen LogP contribution in [0.5, 0.6) is 5.75 Å². The number of aliphatic hydroxyl groups excluding tert-OH is 2. The average Bonchev–Trinajstić information content (AvgIpc) is 3.17. The van der Waals surface area contributed by atoms with Crippen LogP contribution in [0.3, 0.4) is 0 Å². The molecular weight excluding hydrogens is 397 g/mol. The predicted molar refractivity (Wildman–Crippen MR) is 104 cm³/mol. The van der Waals surface area contributed by atoms with Gasteiger partial charge in [0, 0.05) is 12.8 Å². The number of alkyl halides is 3. The first kappa shape index (κ1) is 21.2. The van der Waals surface area contributed by atoms with Gasteiger partial charge in [-0.1, -0.05) is 24.3 Å². The van der Waals surface area contributed by atoms with E-state index in [4.69, 9.17) is 4.74 Å². The van der Waals surface area contributed by atoms with E-state index in [0.717, 1.165) is 36.0 Å². The molecule has 0 spiro atoms. The molecule has 1 saturated heterocycles. The molecule has 1 aliphatic carbocycles. The van der Waals surface area contributed by atoms with Crippen molar-refractivity contribution in [3.63, 3.8) is 0 Å². The lowest BCUT2D eigenvalue weighted by Crippen LogP contribution is -2.33. The van der Waals surface area contributed by atoms with Crippen LogP contribution in [-0.4, -0.2) is 35.4 Å². The van der Waals surface area contributed by atoms with Gasteiger partial charge < -0.3 is 19.7 Å². The lowest BCUT2D eigenvalue weighted by atomic mass is 9.90. The lowest BCUT2D eigenvalue weighted by molar-refractivity contribution is -0.274. The van der Waals surface area contributed by atoms with Gasteiger partial charge in [0.05, 0.1) is 24.9 Å². The second kappa shape index (κ2) is 8.57.